The zero-order valence-electron chi connectivity index (χ0n) is 10.5. The van der Waals surface area contributed by atoms with Crippen molar-refractivity contribution < 1.29 is 4.79 Å². The summed E-state index contributed by atoms with van der Waals surface area (Å²) < 4.78 is 0. The van der Waals surface area contributed by atoms with Crippen molar-refractivity contribution >= 4 is 11.6 Å². The maximum Gasteiger partial charge on any atom is 0.223 e. The Morgan fingerprint density at radius 1 is 1.35 bits per heavy atom. The summed E-state index contributed by atoms with van der Waals surface area (Å²) in [6, 6.07) is 9.47. The van der Waals surface area contributed by atoms with Gasteiger partial charge in [0, 0.05) is 39.8 Å². The van der Waals surface area contributed by atoms with E-state index in [9.17, 15) is 4.79 Å². The summed E-state index contributed by atoms with van der Waals surface area (Å²) in [5, 5.41) is 8.81. The fraction of sp³-hybridized carbons (Fsp3) is 0.385. The van der Waals surface area contributed by atoms with Gasteiger partial charge in [-0.05, 0) is 18.2 Å². The molecular weight excluding hydrogens is 214 g/mol. The average Bonchev–Trinajstić information content (AvgIpc) is 2.35. The van der Waals surface area contributed by atoms with E-state index in [-0.39, 0.29) is 5.91 Å². The SMILES string of the molecule is CN(C)C(=O)CCN(C)c1cccc(C#N)c1. The maximum absolute atomic E-state index is 11.4. The molecule has 0 spiro atoms. The number of anilines is 1. The summed E-state index contributed by atoms with van der Waals surface area (Å²) in [7, 11) is 5.41. The lowest BCUT2D eigenvalue weighted by Crippen LogP contribution is -2.27. The van der Waals surface area contributed by atoms with Crippen molar-refractivity contribution in [3.8, 4) is 6.07 Å². The summed E-state index contributed by atoms with van der Waals surface area (Å²) in [6.45, 7) is 0.645. The fourth-order valence-electron chi connectivity index (χ4n) is 1.43. The molecule has 0 aliphatic heterocycles. The Morgan fingerprint density at radius 3 is 2.65 bits per heavy atom. The summed E-state index contributed by atoms with van der Waals surface area (Å²) >= 11 is 0. The van der Waals surface area contributed by atoms with Crippen molar-refractivity contribution in [1.82, 2.24) is 4.90 Å². The molecule has 0 bridgehead atoms. The first-order valence-electron chi connectivity index (χ1n) is 5.46. The van der Waals surface area contributed by atoms with Crippen molar-refractivity contribution in [2.24, 2.45) is 0 Å². The molecule has 4 nitrogen and oxygen atoms in total. The molecule has 0 saturated carbocycles. The van der Waals surface area contributed by atoms with Crippen molar-refractivity contribution in [3.63, 3.8) is 0 Å². The fourth-order valence-corrected chi connectivity index (χ4v) is 1.43. The van der Waals surface area contributed by atoms with E-state index >= 15 is 0 Å². The van der Waals surface area contributed by atoms with E-state index in [4.69, 9.17) is 5.26 Å². The van der Waals surface area contributed by atoms with E-state index in [0.29, 0.717) is 18.5 Å². The van der Waals surface area contributed by atoms with E-state index in [1.807, 2.05) is 30.1 Å². The lowest BCUT2D eigenvalue weighted by molar-refractivity contribution is -0.128. The lowest BCUT2D eigenvalue weighted by atomic mass is 10.2. The number of nitriles is 1. The van der Waals surface area contributed by atoms with E-state index in [1.54, 1.807) is 25.1 Å². The second-order valence-corrected chi connectivity index (χ2v) is 4.12. The molecule has 0 aromatic heterocycles. The molecule has 0 aliphatic rings. The van der Waals surface area contributed by atoms with E-state index < -0.39 is 0 Å². The number of amides is 1. The third kappa shape index (κ3) is 3.80. The highest BCUT2D eigenvalue weighted by Crippen LogP contribution is 2.14. The quantitative estimate of drug-likeness (QED) is 0.788. The molecule has 90 valence electrons. The summed E-state index contributed by atoms with van der Waals surface area (Å²) in [5.41, 5.74) is 1.59. The molecular formula is C13H17N3O. The van der Waals surface area contributed by atoms with Gasteiger partial charge < -0.3 is 9.80 Å². The second kappa shape index (κ2) is 5.90. The Balaban J connectivity index is 2.61. The first kappa shape index (κ1) is 13.0. The van der Waals surface area contributed by atoms with Crippen LogP contribution in [0.15, 0.2) is 24.3 Å². The third-order valence-electron chi connectivity index (χ3n) is 2.58. The third-order valence-corrected chi connectivity index (χ3v) is 2.58. The van der Waals surface area contributed by atoms with E-state index in [2.05, 4.69) is 6.07 Å². The monoisotopic (exact) mass is 231 g/mol. The Labute approximate surface area is 102 Å². The van der Waals surface area contributed by atoms with Gasteiger partial charge in [0.1, 0.15) is 0 Å². The highest BCUT2D eigenvalue weighted by molar-refractivity contribution is 5.76. The highest BCUT2D eigenvalue weighted by atomic mass is 16.2. The number of nitrogens with zero attached hydrogens (tertiary/aromatic N) is 3. The molecule has 0 aliphatic carbocycles. The Kier molecular flexibility index (Phi) is 4.53. The minimum absolute atomic E-state index is 0.105. The summed E-state index contributed by atoms with van der Waals surface area (Å²) in [5.74, 6) is 0.105. The van der Waals surface area contributed by atoms with Crippen LogP contribution in [0.5, 0.6) is 0 Å². The first-order chi connectivity index (χ1) is 8.04. The number of hydrogen-bond acceptors (Lipinski definition) is 3. The molecule has 1 aromatic rings. The molecule has 1 amide bonds. The zero-order valence-corrected chi connectivity index (χ0v) is 10.5. The van der Waals surface area contributed by atoms with Crippen LogP contribution < -0.4 is 4.90 Å². The molecule has 0 N–H and O–H groups in total. The first-order valence-corrected chi connectivity index (χ1v) is 5.46. The predicted molar refractivity (Wildman–Crippen MR) is 67.7 cm³/mol. The second-order valence-electron chi connectivity index (χ2n) is 4.12. The van der Waals surface area contributed by atoms with Gasteiger partial charge in [-0.1, -0.05) is 6.07 Å². The van der Waals surface area contributed by atoms with Gasteiger partial charge in [-0.25, -0.2) is 0 Å². The molecule has 0 atom stereocenters. The Bertz CT molecular complexity index is 435. The molecule has 0 heterocycles. The van der Waals surface area contributed by atoms with E-state index in [1.165, 1.54) is 0 Å². The van der Waals surface area contributed by atoms with Crippen LogP contribution in [0.3, 0.4) is 0 Å². The normalized spacial score (nSPS) is 9.53. The Hall–Kier alpha value is -2.02. The standard InChI is InChI=1S/C13H17N3O/c1-15(2)13(17)7-8-16(3)12-6-4-5-11(9-12)10-14/h4-6,9H,7-8H2,1-3H3. The predicted octanol–water partition coefficient (Wildman–Crippen LogP) is 1.47. The van der Waals surface area contributed by atoms with Crippen LogP contribution in [0.2, 0.25) is 0 Å². The minimum atomic E-state index is 0.105. The van der Waals surface area contributed by atoms with Crippen molar-refractivity contribution in [2.45, 2.75) is 6.42 Å². The van der Waals surface area contributed by atoms with Gasteiger partial charge in [0.2, 0.25) is 5.91 Å². The van der Waals surface area contributed by atoms with Gasteiger partial charge >= 0.3 is 0 Å². The van der Waals surface area contributed by atoms with E-state index in [0.717, 1.165) is 5.69 Å². The van der Waals surface area contributed by atoms with Crippen molar-refractivity contribution in [2.75, 3.05) is 32.6 Å². The summed E-state index contributed by atoms with van der Waals surface area (Å²) in [4.78, 5) is 15.0. The van der Waals surface area contributed by atoms with Crippen LogP contribution in [0, 0.1) is 11.3 Å². The largest absolute Gasteiger partial charge is 0.374 e. The van der Waals surface area contributed by atoms with Crippen LogP contribution in [0.25, 0.3) is 0 Å². The zero-order chi connectivity index (χ0) is 12.8. The maximum atomic E-state index is 11.4. The van der Waals surface area contributed by atoms with Crippen molar-refractivity contribution in [3.05, 3.63) is 29.8 Å². The average molecular weight is 231 g/mol. The van der Waals surface area contributed by atoms with Crippen LogP contribution in [0.4, 0.5) is 5.69 Å². The minimum Gasteiger partial charge on any atom is -0.374 e. The van der Waals surface area contributed by atoms with Gasteiger partial charge in [-0.15, -0.1) is 0 Å². The molecule has 1 rings (SSSR count). The van der Waals surface area contributed by atoms with Crippen LogP contribution in [0.1, 0.15) is 12.0 Å². The molecule has 0 unspecified atom stereocenters. The topological polar surface area (TPSA) is 47.3 Å². The Morgan fingerprint density at radius 2 is 2.06 bits per heavy atom. The molecule has 0 saturated heterocycles. The lowest BCUT2D eigenvalue weighted by Gasteiger charge is -2.20. The number of rotatable bonds is 4. The van der Waals surface area contributed by atoms with Gasteiger partial charge in [0.15, 0.2) is 0 Å². The van der Waals surface area contributed by atoms with Gasteiger partial charge in [0.25, 0.3) is 0 Å². The smallest absolute Gasteiger partial charge is 0.223 e. The molecule has 17 heavy (non-hydrogen) atoms. The van der Waals surface area contributed by atoms with Crippen LogP contribution in [-0.4, -0.2) is 38.5 Å². The molecule has 1 aromatic carbocycles. The van der Waals surface area contributed by atoms with Crippen molar-refractivity contribution in [1.29, 1.82) is 5.26 Å². The number of carbonyl (C=O) groups excluding carboxylic acids is 1. The van der Waals surface area contributed by atoms with Gasteiger partial charge in [-0.3, -0.25) is 4.79 Å². The molecule has 0 fully saturated rings. The molecule has 0 radical (unpaired) electrons. The van der Waals surface area contributed by atoms with Crippen LogP contribution in [-0.2, 0) is 4.79 Å². The number of carbonyl (C=O) groups is 1. The summed E-state index contributed by atoms with van der Waals surface area (Å²) in [6.07, 6.45) is 0.473. The number of hydrogen-bond donors (Lipinski definition) is 0. The molecule has 4 heteroatoms. The highest BCUT2D eigenvalue weighted by Gasteiger charge is 2.07. The van der Waals surface area contributed by atoms with Crippen LogP contribution >= 0.6 is 0 Å². The van der Waals surface area contributed by atoms with Gasteiger partial charge in [-0.2, -0.15) is 5.26 Å². The number of benzene rings is 1. The van der Waals surface area contributed by atoms with Gasteiger partial charge in [0.05, 0.1) is 11.6 Å².